The molecule has 28 heavy (non-hydrogen) atoms. The van der Waals surface area contributed by atoms with Gasteiger partial charge in [-0.3, -0.25) is 9.89 Å². The van der Waals surface area contributed by atoms with Crippen LogP contribution in [0.4, 0.5) is 0 Å². The summed E-state index contributed by atoms with van der Waals surface area (Å²) in [5.41, 5.74) is 0. The fourth-order valence-corrected chi connectivity index (χ4v) is 3.66. The maximum absolute atomic E-state index is 6.12. The number of nitrogens with one attached hydrogen (secondary N) is 1. The van der Waals surface area contributed by atoms with Crippen molar-refractivity contribution in [3.8, 4) is 5.75 Å². The van der Waals surface area contributed by atoms with Crippen molar-refractivity contribution in [1.82, 2.24) is 15.1 Å². The normalized spacial score (nSPS) is 20.4. The number of halogens is 1. The molecule has 2 fully saturated rings. The Kier molecular flexibility index (Phi) is 10.4. The fraction of sp³-hybridized carbons (Fsp3) is 0.667. The van der Waals surface area contributed by atoms with Crippen LogP contribution >= 0.6 is 24.0 Å². The minimum absolute atomic E-state index is 0. The molecule has 1 atom stereocenters. The Hall–Kier alpha value is -1.06. The Bertz CT molecular complexity index is 573. The molecule has 0 radical (unpaired) electrons. The van der Waals surface area contributed by atoms with Gasteiger partial charge in [0.2, 0.25) is 0 Å². The number of likely N-dealkylation sites (tertiary alicyclic amines) is 1. The lowest BCUT2D eigenvalue weighted by molar-refractivity contribution is 0.0220. The molecule has 2 aliphatic heterocycles. The summed E-state index contributed by atoms with van der Waals surface area (Å²) in [5.74, 6) is 2.01. The SMILES string of the molecule is CCNC(=NCC(C)N1CCOCC1)N1CCC(Oc2ccccc2)CC1.I. The van der Waals surface area contributed by atoms with Gasteiger partial charge in [-0.2, -0.15) is 0 Å². The van der Waals surface area contributed by atoms with Gasteiger partial charge in [0.1, 0.15) is 11.9 Å². The molecule has 1 aromatic rings. The van der Waals surface area contributed by atoms with E-state index in [1.165, 1.54) is 0 Å². The number of piperidine rings is 1. The highest BCUT2D eigenvalue weighted by Crippen LogP contribution is 2.18. The quantitative estimate of drug-likeness (QED) is 0.369. The van der Waals surface area contributed by atoms with Crippen LogP contribution in [0.3, 0.4) is 0 Å². The second-order valence-electron chi connectivity index (χ2n) is 7.31. The van der Waals surface area contributed by atoms with Gasteiger partial charge < -0.3 is 19.7 Å². The summed E-state index contributed by atoms with van der Waals surface area (Å²) >= 11 is 0. The van der Waals surface area contributed by atoms with Crippen LogP contribution in [0.25, 0.3) is 0 Å². The van der Waals surface area contributed by atoms with Gasteiger partial charge in [-0.15, -0.1) is 24.0 Å². The van der Waals surface area contributed by atoms with Gasteiger partial charge in [-0.1, -0.05) is 18.2 Å². The van der Waals surface area contributed by atoms with Crippen LogP contribution in [0.15, 0.2) is 35.3 Å². The van der Waals surface area contributed by atoms with Crippen LogP contribution in [0.1, 0.15) is 26.7 Å². The van der Waals surface area contributed by atoms with E-state index in [9.17, 15) is 0 Å². The van der Waals surface area contributed by atoms with E-state index in [1.54, 1.807) is 0 Å². The van der Waals surface area contributed by atoms with Gasteiger partial charge >= 0.3 is 0 Å². The lowest BCUT2D eigenvalue weighted by Gasteiger charge is -2.35. The molecular weight excluding hydrogens is 467 g/mol. The highest BCUT2D eigenvalue weighted by atomic mass is 127. The molecule has 0 aromatic heterocycles. The number of hydrogen-bond acceptors (Lipinski definition) is 4. The third-order valence-electron chi connectivity index (χ3n) is 5.30. The number of aliphatic imine (C=N–C) groups is 1. The molecule has 0 amide bonds. The van der Waals surface area contributed by atoms with E-state index in [1.807, 2.05) is 30.3 Å². The van der Waals surface area contributed by atoms with Crippen molar-refractivity contribution in [2.75, 3.05) is 52.5 Å². The number of guanidine groups is 1. The van der Waals surface area contributed by atoms with Crippen molar-refractivity contribution in [3.63, 3.8) is 0 Å². The number of ether oxygens (including phenoxy) is 2. The largest absolute Gasteiger partial charge is 0.490 e. The number of hydrogen-bond donors (Lipinski definition) is 1. The fourth-order valence-electron chi connectivity index (χ4n) is 3.66. The maximum atomic E-state index is 6.12. The predicted octanol–water partition coefficient (Wildman–Crippen LogP) is 2.83. The molecule has 158 valence electrons. The van der Waals surface area contributed by atoms with Crippen LogP contribution in [-0.2, 0) is 4.74 Å². The Morgan fingerprint density at radius 1 is 1.18 bits per heavy atom. The van der Waals surface area contributed by atoms with E-state index in [-0.39, 0.29) is 24.0 Å². The van der Waals surface area contributed by atoms with Gasteiger partial charge in [0.15, 0.2) is 5.96 Å². The van der Waals surface area contributed by atoms with Crippen molar-refractivity contribution >= 4 is 29.9 Å². The Morgan fingerprint density at radius 3 is 2.50 bits per heavy atom. The second-order valence-corrected chi connectivity index (χ2v) is 7.31. The van der Waals surface area contributed by atoms with E-state index in [4.69, 9.17) is 14.5 Å². The molecule has 3 rings (SSSR count). The summed E-state index contributed by atoms with van der Waals surface area (Å²) in [6.45, 7) is 11.8. The molecule has 1 unspecified atom stereocenters. The number of benzene rings is 1. The lowest BCUT2D eigenvalue weighted by Crippen LogP contribution is -2.48. The average molecular weight is 502 g/mol. The summed E-state index contributed by atoms with van der Waals surface area (Å²) in [7, 11) is 0. The molecule has 2 heterocycles. The first-order valence-electron chi connectivity index (χ1n) is 10.3. The molecule has 1 N–H and O–H groups in total. The summed E-state index contributed by atoms with van der Waals surface area (Å²) in [6, 6.07) is 10.6. The Labute approximate surface area is 186 Å². The zero-order valence-electron chi connectivity index (χ0n) is 17.2. The highest BCUT2D eigenvalue weighted by molar-refractivity contribution is 14.0. The van der Waals surface area contributed by atoms with Crippen molar-refractivity contribution in [2.24, 2.45) is 4.99 Å². The van der Waals surface area contributed by atoms with Crippen LogP contribution in [-0.4, -0.2) is 80.4 Å². The van der Waals surface area contributed by atoms with Crippen LogP contribution in [0, 0.1) is 0 Å². The highest BCUT2D eigenvalue weighted by Gasteiger charge is 2.23. The van der Waals surface area contributed by atoms with Gasteiger partial charge in [-0.25, -0.2) is 0 Å². The van der Waals surface area contributed by atoms with E-state index in [0.29, 0.717) is 12.1 Å². The van der Waals surface area contributed by atoms with E-state index < -0.39 is 0 Å². The zero-order valence-corrected chi connectivity index (χ0v) is 19.5. The van der Waals surface area contributed by atoms with E-state index >= 15 is 0 Å². The van der Waals surface area contributed by atoms with Gasteiger partial charge in [-0.05, 0) is 26.0 Å². The molecule has 1 aromatic carbocycles. The van der Waals surface area contributed by atoms with Gasteiger partial charge in [0.25, 0.3) is 0 Å². The number of rotatable bonds is 6. The first kappa shape index (κ1) is 23.2. The molecule has 7 heteroatoms. The maximum Gasteiger partial charge on any atom is 0.193 e. The van der Waals surface area contributed by atoms with E-state index in [2.05, 4.69) is 29.0 Å². The molecule has 6 nitrogen and oxygen atoms in total. The molecule has 0 bridgehead atoms. The van der Waals surface area contributed by atoms with Crippen LogP contribution in [0.2, 0.25) is 0 Å². The van der Waals surface area contributed by atoms with Crippen molar-refractivity contribution in [3.05, 3.63) is 30.3 Å². The number of morpholine rings is 1. The van der Waals surface area contributed by atoms with Gasteiger partial charge in [0, 0.05) is 51.6 Å². The minimum atomic E-state index is 0. The average Bonchev–Trinajstić information content (AvgIpc) is 2.73. The topological polar surface area (TPSA) is 49.3 Å². The third kappa shape index (κ3) is 7.08. The minimum Gasteiger partial charge on any atom is -0.490 e. The molecule has 0 saturated carbocycles. The van der Waals surface area contributed by atoms with Crippen molar-refractivity contribution < 1.29 is 9.47 Å². The zero-order chi connectivity index (χ0) is 18.9. The summed E-state index contributed by atoms with van der Waals surface area (Å²) in [5, 5.41) is 3.47. The summed E-state index contributed by atoms with van der Waals surface area (Å²) in [4.78, 5) is 9.77. The lowest BCUT2D eigenvalue weighted by atomic mass is 10.1. The standard InChI is InChI=1S/C21H34N4O2.HI/c1-3-22-21(23-17-18(2)24-13-15-26-16-14-24)25-11-9-20(10-12-25)27-19-7-5-4-6-8-19;/h4-8,18,20H,3,9-17H2,1-2H3,(H,22,23);1H. The molecule has 2 aliphatic rings. The monoisotopic (exact) mass is 502 g/mol. The molecular formula is C21H35IN4O2. The third-order valence-corrected chi connectivity index (χ3v) is 5.30. The van der Waals surface area contributed by atoms with Crippen molar-refractivity contribution in [1.29, 1.82) is 0 Å². The smallest absolute Gasteiger partial charge is 0.193 e. The summed E-state index contributed by atoms with van der Waals surface area (Å²) < 4.78 is 11.6. The van der Waals surface area contributed by atoms with E-state index in [0.717, 1.165) is 77.0 Å². The first-order valence-corrected chi connectivity index (χ1v) is 10.3. The van der Waals surface area contributed by atoms with Gasteiger partial charge in [0.05, 0.1) is 19.8 Å². The molecule has 0 spiro atoms. The number of nitrogens with zero attached hydrogens (tertiary/aromatic N) is 3. The predicted molar refractivity (Wildman–Crippen MR) is 125 cm³/mol. The van der Waals surface area contributed by atoms with Crippen molar-refractivity contribution in [2.45, 2.75) is 38.8 Å². The second kappa shape index (κ2) is 12.5. The van der Waals surface area contributed by atoms with Crippen LogP contribution < -0.4 is 10.1 Å². The molecule has 2 saturated heterocycles. The first-order chi connectivity index (χ1) is 13.3. The molecule has 0 aliphatic carbocycles. The summed E-state index contributed by atoms with van der Waals surface area (Å²) in [6.07, 6.45) is 2.34. The Morgan fingerprint density at radius 2 is 1.86 bits per heavy atom. The Balaban J connectivity index is 0.00000280. The number of para-hydroxylation sites is 1. The van der Waals surface area contributed by atoms with Crippen LogP contribution in [0.5, 0.6) is 5.75 Å².